The topological polar surface area (TPSA) is 29.5 Å². The summed E-state index contributed by atoms with van der Waals surface area (Å²) in [4.78, 5) is 14.7. The summed E-state index contributed by atoms with van der Waals surface area (Å²) in [5.41, 5.74) is 0.705. The molecule has 1 aliphatic heterocycles. The number of benzene rings is 1. The number of ketones is 1. The summed E-state index contributed by atoms with van der Waals surface area (Å²) in [7, 11) is 0. The lowest BCUT2D eigenvalue weighted by Gasteiger charge is -2.43. The van der Waals surface area contributed by atoms with Crippen molar-refractivity contribution in [3.05, 3.63) is 34.9 Å². The molecule has 1 aromatic carbocycles. The Labute approximate surface area is 124 Å². The summed E-state index contributed by atoms with van der Waals surface area (Å²) >= 11 is 5.96. The fourth-order valence-corrected chi connectivity index (χ4v) is 3.50. The van der Waals surface area contributed by atoms with E-state index in [1.807, 2.05) is 12.1 Å². The number of morpholine rings is 1. The van der Waals surface area contributed by atoms with Crippen LogP contribution in [0.2, 0.25) is 5.02 Å². The van der Waals surface area contributed by atoms with Crippen LogP contribution in [0.3, 0.4) is 0 Å². The van der Waals surface area contributed by atoms with Crippen LogP contribution in [0.15, 0.2) is 24.3 Å². The fraction of sp³-hybridized carbons (Fsp3) is 0.562. The molecule has 3 rings (SSSR count). The van der Waals surface area contributed by atoms with Gasteiger partial charge in [0.15, 0.2) is 5.78 Å². The first-order valence-electron chi connectivity index (χ1n) is 7.38. The van der Waals surface area contributed by atoms with Gasteiger partial charge in [0.2, 0.25) is 0 Å². The van der Waals surface area contributed by atoms with Crippen molar-refractivity contribution in [2.45, 2.75) is 37.8 Å². The smallest absolute Gasteiger partial charge is 0.176 e. The standard InChI is InChI=1S/C16H20ClNO2/c17-13-5-3-4-12(10-13)15(19)11-18-8-9-20-16-7-2-1-6-14(16)18/h3-5,10,14,16H,1-2,6-9,11H2. The van der Waals surface area contributed by atoms with Crippen LogP contribution in [0.5, 0.6) is 0 Å². The molecular weight excluding hydrogens is 274 g/mol. The van der Waals surface area contributed by atoms with E-state index < -0.39 is 0 Å². The Hall–Kier alpha value is -0.900. The molecule has 1 saturated heterocycles. The summed E-state index contributed by atoms with van der Waals surface area (Å²) < 4.78 is 5.84. The minimum atomic E-state index is 0.152. The van der Waals surface area contributed by atoms with Gasteiger partial charge in [0.1, 0.15) is 0 Å². The highest BCUT2D eigenvalue weighted by Crippen LogP contribution is 2.28. The molecule has 1 aliphatic carbocycles. The fourth-order valence-electron chi connectivity index (χ4n) is 3.31. The molecule has 3 nitrogen and oxygen atoms in total. The van der Waals surface area contributed by atoms with Gasteiger partial charge in [-0.05, 0) is 25.0 Å². The molecule has 0 bridgehead atoms. The van der Waals surface area contributed by atoms with E-state index >= 15 is 0 Å². The molecule has 4 heteroatoms. The molecule has 2 unspecified atom stereocenters. The van der Waals surface area contributed by atoms with Gasteiger partial charge in [-0.15, -0.1) is 0 Å². The maximum atomic E-state index is 12.4. The normalized spacial score (nSPS) is 27.1. The average Bonchev–Trinajstić information content (AvgIpc) is 2.47. The molecule has 0 amide bonds. The van der Waals surface area contributed by atoms with Crippen molar-refractivity contribution in [2.24, 2.45) is 0 Å². The summed E-state index contributed by atoms with van der Waals surface area (Å²) in [5, 5.41) is 0.619. The van der Waals surface area contributed by atoms with Crippen LogP contribution in [-0.4, -0.2) is 42.5 Å². The first-order valence-corrected chi connectivity index (χ1v) is 7.76. The van der Waals surface area contributed by atoms with Gasteiger partial charge in [0, 0.05) is 23.2 Å². The number of halogens is 1. The number of carbonyl (C=O) groups excluding carboxylic acids is 1. The van der Waals surface area contributed by atoms with Gasteiger partial charge in [-0.3, -0.25) is 9.69 Å². The maximum absolute atomic E-state index is 12.4. The van der Waals surface area contributed by atoms with Gasteiger partial charge >= 0.3 is 0 Å². The summed E-state index contributed by atoms with van der Waals surface area (Å²) in [6, 6.07) is 7.64. The number of hydrogen-bond acceptors (Lipinski definition) is 3. The van der Waals surface area contributed by atoms with Crippen molar-refractivity contribution in [1.29, 1.82) is 0 Å². The van der Waals surface area contributed by atoms with E-state index in [9.17, 15) is 4.79 Å². The number of Topliss-reactive ketones (excluding diaryl/α,β-unsaturated/α-hetero) is 1. The second kappa shape index (κ2) is 6.25. The lowest BCUT2D eigenvalue weighted by Crippen LogP contribution is -2.53. The van der Waals surface area contributed by atoms with Crippen molar-refractivity contribution in [1.82, 2.24) is 4.90 Å². The number of fused-ring (bicyclic) bond motifs is 1. The molecule has 0 aromatic heterocycles. The Morgan fingerprint density at radius 2 is 2.20 bits per heavy atom. The van der Waals surface area contributed by atoms with E-state index in [1.165, 1.54) is 12.8 Å². The molecule has 108 valence electrons. The molecule has 1 saturated carbocycles. The van der Waals surface area contributed by atoms with Crippen molar-refractivity contribution < 1.29 is 9.53 Å². The third kappa shape index (κ3) is 3.05. The molecule has 2 aliphatic rings. The predicted molar refractivity (Wildman–Crippen MR) is 79.4 cm³/mol. The van der Waals surface area contributed by atoms with E-state index in [-0.39, 0.29) is 5.78 Å². The highest BCUT2D eigenvalue weighted by atomic mass is 35.5. The van der Waals surface area contributed by atoms with Crippen molar-refractivity contribution in [3.8, 4) is 0 Å². The number of hydrogen-bond donors (Lipinski definition) is 0. The highest BCUT2D eigenvalue weighted by molar-refractivity contribution is 6.31. The first-order chi connectivity index (χ1) is 9.74. The molecule has 1 aromatic rings. The minimum absolute atomic E-state index is 0.152. The second-order valence-electron chi connectivity index (χ2n) is 5.67. The Bertz CT molecular complexity index is 489. The monoisotopic (exact) mass is 293 g/mol. The van der Waals surface area contributed by atoms with Crippen molar-refractivity contribution >= 4 is 17.4 Å². The Kier molecular flexibility index (Phi) is 4.39. The lowest BCUT2D eigenvalue weighted by atomic mass is 9.90. The van der Waals surface area contributed by atoms with Gasteiger partial charge in [-0.2, -0.15) is 0 Å². The van der Waals surface area contributed by atoms with Gasteiger partial charge in [0.05, 0.1) is 19.3 Å². The van der Waals surface area contributed by atoms with Gasteiger partial charge in [-0.25, -0.2) is 0 Å². The van der Waals surface area contributed by atoms with E-state index in [2.05, 4.69) is 4.90 Å². The average molecular weight is 294 g/mol. The van der Waals surface area contributed by atoms with E-state index in [0.29, 0.717) is 29.3 Å². The molecule has 1 heterocycles. The van der Waals surface area contributed by atoms with Crippen LogP contribution in [0.1, 0.15) is 36.0 Å². The molecule has 0 N–H and O–H groups in total. The van der Waals surface area contributed by atoms with Crippen molar-refractivity contribution in [2.75, 3.05) is 19.7 Å². The third-order valence-corrected chi connectivity index (χ3v) is 4.58. The molecule has 2 fully saturated rings. The zero-order valence-electron chi connectivity index (χ0n) is 11.6. The van der Waals surface area contributed by atoms with Gasteiger partial charge in [-0.1, -0.05) is 36.6 Å². The summed E-state index contributed by atoms with van der Waals surface area (Å²) in [5.74, 6) is 0.152. The van der Waals surface area contributed by atoms with Crippen LogP contribution in [0.25, 0.3) is 0 Å². The van der Waals surface area contributed by atoms with E-state index in [0.717, 1.165) is 26.0 Å². The predicted octanol–water partition coefficient (Wildman–Crippen LogP) is 3.17. The zero-order chi connectivity index (χ0) is 13.9. The van der Waals surface area contributed by atoms with Gasteiger partial charge in [0.25, 0.3) is 0 Å². The molecule has 2 atom stereocenters. The maximum Gasteiger partial charge on any atom is 0.176 e. The molecule has 0 spiro atoms. The van der Waals surface area contributed by atoms with Crippen LogP contribution in [0, 0.1) is 0 Å². The highest BCUT2D eigenvalue weighted by Gasteiger charge is 2.34. The van der Waals surface area contributed by atoms with E-state index in [1.54, 1.807) is 12.1 Å². The number of carbonyl (C=O) groups is 1. The van der Waals surface area contributed by atoms with Crippen molar-refractivity contribution in [3.63, 3.8) is 0 Å². The van der Waals surface area contributed by atoms with Crippen LogP contribution in [0.4, 0.5) is 0 Å². The quantitative estimate of drug-likeness (QED) is 0.802. The molecule has 0 radical (unpaired) electrons. The van der Waals surface area contributed by atoms with Crippen LogP contribution >= 0.6 is 11.6 Å². The van der Waals surface area contributed by atoms with Crippen LogP contribution < -0.4 is 0 Å². The largest absolute Gasteiger partial charge is 0.375 e. The van der Waals surface area contributed by atoms with Gasteiger partial charge < -0.3 is 4.74 Å². The Balaban J connectivity index is 1.68. The second-order valence-corrected chi connectivity index (χ2v) is 6.10. The molecular formula is C16H20ClNO2. The number of nitrogens with zero attached hydrogens (tertiary/aromatic N) is 1. The molecule has 20 heavy (non-hydrogen) atoms. The summed E-state index contributed by atoms with van der Waals surface area (Å²) in [6.45, 7) is 2.07. The Morgan fingerprint density at radius 1 is 1.35 bits per heavy atom. The number of rotatable bonds is 3. The first kappa shape index (κ1) is 14.1. The lowest BCUT2D eigenvalue weighted by molar-refractivity contribution is -0.0846. The Morgan fingerprint density at radius 3 is 3.05 bits per heavy atom. The number of ether oxygens (including phenoxy) is 1. The van der Waals surface area contributed by atoms with Crippen LogP contribution in [-0.2, 0) is 4.74 Å². The SMILES string of the molecule is O=C(CN1CCOC2CCCCC21)c1cccc(Cl)c1. The zero-order valence-corrected chi connectivity index (χ0v) is 12.3. The summed E-state index contributed by atoms with van der Waals surface area (Å²) in [6.07, 6.45) is 5.09. The van der Waals surface area contributed by atoms with E-state index in [4.69, 9.17) is 16.3 Å². The third-order valence-electron chi connectivity index (χ3n) is 4.34. The minimum Gasteiger partial charge on any atom is -0.375 e.